The average Bonchev–Trinajstić information content (AvgIpc) is 2.41. The van der Waals surface area contributed by atoms with Gasteiger partial charge in [-0.15, -0.1) is 0 Å². The van der Waals surface area contributed by atoms with Crippen LogP contribution in [0.1, 0.15) is 30.9 Å². The Labute approximate surface area is 109 Å². The predicted octanol–water partition coefficient (Wildman–Crippen LogP) is 2.12. The Balaban J connectivity index is 2.10. The predicted molar refractivity (Wildman–Crippen MR) is 72.8 cm³/mol. The fourth-order valence-electron chi connectivity index (χ4n) is 2.74. The second-order valence-electron chi connectivity index (χ2n) is 5.26. The minimum atomic E-state index is 0.459. The van der Waals surface area contributed by atoms with E-state index in [2.05, 4.69) is 17.9 Å². The van der Waals surface area contributed by atoms with Gasteiger partial charge in [0.1, 0.15) is 0 Å². The lowest BCUT2D eigenvalue weighted by atomic mass is 9.92. The van der Waals surface area contributed by atoms with Crippen molar-refractivity contribution < 1.29 is 0 Å². The van der Waals surface area contributed by atoms with E-state index in [1.54, 1.807) is 0 Å². The van der Waals surface area contributed by atoms with Gasteiger partial charge in [0.15, 0.2) is 0 Å². The molecule has 0 aromatic heterocycles. The van der Waals surface area contributed by atoms with E-state index < -0.39 is 0 Å². The molecule has 2 rings (SSSR count). The number of rotatable bonds is 3. The van der Waals surface area contributed by atoms with Crippen LogP contribution in [-0.4, -0.2) is 24.0 Å². The summed E-state index contributed by atoms with van der Waals surface area (Å²) in [4.78, 5) is 2.43. The van der Waals surface area contributed by atoms with Gasteiger partial charge in [-0.25, -0.2) is 0 Å². The summed E-state index contributed by atoms with van der Waals surface area (Å²) in [6.45, 7) is 4.93. The molecule has 0 radical (unpaired) electrons. The van der Waals surface area contributed by atoms with Gasteiger partial charge in [0.05, 0.1) is 11.6 Å². The summed E-state index contributed by atoms with van der Waals surface area (Å²) >= 11 is 0. The molecule has 2 atom stereocenters. The molecule has 2 unspecified atom stereocenters. The third-order valence-electron chi connectivity index (χ3n) is 3.88. The van der Waals surface area contributed by atoms with Gasteiger partial charge in [-0.1, -0.05) is 25.1 Å². The van der Waals surface area contributed by atoms with Gasteiger partial charge >= 0.3 is 0 Å². The first kappa shape index (κ1) is 13.1. The van der Waals surface area contributed by atoms with Crippen LogP contribution in [0.2, 0.25) is 0 Å². The summed E-state index contributed by atoms with van der Waals surface area (Å²) in [6, 6.07) is 10.6. The lowest BCUT2D eigenvalue weighted by Gasteiger charge is -2.38. The van der Waals surface area contributed by atoms with Crippen molar-refractivity contribution in [1.82, 2.24) is 4.90 Å². The van der Waals surface area contributed by atoms with Gasteiger partial charge in [0.25, 0.3) is 0 Å². The van der Waals surface area contributed by atoms with E-state index in [1.807, 2.05) is 24.3 Å². The normalized spacial score (nSPS) is 24.7. The van der Waals surface area contributed by atoms with Crippen molar-refractivity contribution in [3.63, 3.8) is 0 Å². The third kappa shape index (κ3) is 2.90. The summed E-state index contributed by atoms with van der Waals surface area (Å²) in [5.41, 5.74) is 7.78. The van der Waals surface area contributed by atoms with Crippen LogP contribution in [0.25, 0.3) is 0 Å². The van der Waals surface area contributed by atoms with Crippen molar-refractivity contribution in [1.29, 1.82) is 5.26 Å². The Morgan fingerprint density at radius 1 is 1.44 bits per heavy atom. The maximum absolute atomic E-state index is 9.12. The first-order valence-electron chi connectivity index (χ1n) is 6.66. The van der Waals surface area contributed by atoms with Crippen molar-refractivity contribution in [2.75, 3.05) is 13.1 Å². The number of nitriles is 1. The number of nitrogens with two attached hydrogens (primary N) is 1. The average molecular weight is 243 g/mol. The molecule has 1 aliphatic heterocycles. The van der Waals surface area contributed by atoms with E-state index in [9.17, 15) is 0 Å². The van der Waals surface area contributed by atoms with Crippen molar-refractivity contribution in [3.05, 3.63) is 35.4 Å². The highest BCUT2D eigenvalue weighted by Gasteiger charge is 2.25. The van der Waals surface area contributed by atoms with Gasteiger partial charge in [-0.2, -0.15) is 5.26 Å². The van der Waals surface area contributed by atoms with Crippen LogP contribution >= 0.6 is 0 Å². The quantitative estimate of drug-likeness (QED) is 0.884. The van der Waals surface area contributed by atoms with Crippen LogP contribution in [0.15, 0.2) is 24.3 Å². The SMILES string of the molecule is CC1CCN(Cc2ccccc2C#N)C(CN)C1. The number of benzene rings is 1. The third-order valence-corrected chi connectivity index (χ3v) is 3.88. The zero-order chi connectivity index (χ0) is 13.0. The van der Waals surface area contributed by atoms with Gasteiger partial charge < -0.3 is 5.73 Å². The summed E-state index contributed by atoms with van der Waals surface area (Å²) in [5.74, 6) is 0.765. The highest BCUT2D eigenvalue weighted by molar-refractivity contribution is 5.37. The van der Waals surface area contributed by atoms with E-state index in [0.717, 1.165) is 30.1 Å². The number of hydrogen-bond acceptors (Lipinski definition) is 3. The van der Waals surface area contributed by atoms with Crippen LogP contribution in [0.5, 0.6) is 0 Å². The van der Waals surface area contributed by atoms with Crippen LogP contribution in [0, 0.1) is 17.2 Å². The highest BCUT2D eigenvalue weighted by Crippen LogP contribution is 2.24. The Kier molecular flexibility index (Phi) is 4.35. The Bertz CT molecular complexity index is 436. The fourth-order valence-corrected chi connectivity index (χ4v) is 2.74. The number of hydrogen-bond donors (Lipinski definition) is 1. The molecule has 1 saturated heterocycles. The van der Waals surface area contributed by atoms with E-state index in [0.29, 0.717) is 12.6 Å². The van der Waals surface area contributed by atoms with Crippen LogP contribution in [0.3, 0.4) is 0 Å². The highest BCUT2D eigenvalue weighted by atomic mass is 15.2. The molecule has 96 valence electrons. The molecule has 0 amide bonds. The second-order valence-corrected chi connectivity index (χ2v) is 5.26. The molecule has 18 heavy (non-hydrogen) atoms. The molecule has 1 aliphatic rings. The molecule has 1 aromatic rings. The number of nitrogens with zero attached hydrogens (tertiary/aromatic N) is 2. The lowest BCUT2D eigenvalue weighted by Crippen LogP contribution is -2.45. The van der Waals surface area contributed by atoms with Crippen molar-refractivity contribution >= 4 is 0 Å². The Morgan fingerprint density at radius 2 is 2.22 bits per heavy atom. The summed E-state index contributed by atoms with van der Waals surface area (Å²) in [6.07, 6.45) is 2.40. The molecule has 0 saturated carbocycles. The topological polar surface area (TPSA) is 53.0 Å². The van der Waals surface area contributed by atoms with E-state index in [1.165, 1.54) is 12.8 Å². The minimum absolute atomic E-state index is 0.459. The summed E-state index contributed by atoms with van der Waals surface area (Å²) in [7, 11) is 0. The summed E-state index contributed by atoms with van der Waals surface area (Å²) in [5, 5.41) is 9.12. The van der Waals surface area contributed by atoms with Crippen LogP contribution < -0.4 is 5.73 Å². The van der Waals surface area contributed by atoms with Gasteiger partial charge in [0, 0.05) is 19.1 Å². The van der Waals surface area contributed by atoms with Crippen molar-refractivity contribution in [3.8, 4) is 6.07 Å². The fraction of sp³-hybridized carbons (Fsp3) is 0.533. The zero-order valence-corrected chi connectivity index (χ0v) is 11.0. The molecule has 2 N–H and O–H groups in total. The zero-order valence-electron chi connectivity index (χ0n) is 11.0. The molecule has 1 fully saturated rings. The minimum Gasteiger partial charge on any atom is -0.329 e. The van der Waals surface area contributed by atoms with Crippen LogP contribution in [-0.2, 0) is 6.54 Å². The first-order chi connectivity index (χ1) is 8.74. The van der Waals surface area contributed by atoms with E-state index in [-0.39, 0.29) is 0 Å². The summed E-state index contributed by atoms with van der Waals surface area (Å²) < 4.78 is 0. The van der Waals surface area contributed by atoms with Crippen molar-refractivity contribution in [2.24, 2.45) is 11.7 Å². The lowest BCUT2D eigenvalue weighted by molar-refractivity contribution is 0.115. The molecule has 1 aromatic carbocycles. The molecule has 1 heterocycles. The van der Waals surface area contributed by atoms with Crippen LogP contribution in [0.4, 0.5) is 0 Å². The molecule has 3 heteroatoms. The van der Waals surface area contributed by atoms with Gasteiger partial charge in [0.2, 0.25) is 0 Å². The number of likely N-dealkylation sites (tertiary alicyclic amines) is 1. The van der Waals surface area contributed by atoms with Crippen molar-refractivity contribution in [2.45, 2.75) is 32.4 Å². The number of piperidine rings is 1. The monoisotopic (exact) mass is 243 g/mol. The molecule has 3 nitrogen and oxygen atoms in total. The van der Waals surface area contributed by atoms with E-state index >= 15 is 0 Å². The smallest absolute Gasteiger partial charge is 0.0995 e. The van der Waals surface area contributed by atoms with Gasteiger partial charge in [-0.05, 0) is 36.9 Å². The molecule has 0 bridgehead atoms. The standard InChI is InChI=1S/C15H21N3/c1-12-6-7-18(15(8-12)10-17)11-14-5-3-2-4-13(14)9-16/h2-5,12,15H,6-8,10-11,17H2,1H3. The maximum atomic E-state index is 9.12. The van der Waals surface area contributed by atoms with Gasteiger partial charge in [-0.3, -0.25) is 4.90 Å². The molecule has 0 aliphatic carbocycles. The molecular weight excluding hydrogens is 222 g/mol. The Hall–Kier alpha value is -1.37. The van der Waals surface area contributed by atoms with E-state index in [4.69, 9.17) is 11.0 Å². The Morgan fingerprint density at radius 3 is 2.94 bits per heavy atom. The first-order valence-corrected chi connectivity index (χ1v) is 6.66. The largest absolute Gasteiger partial charge is 0.329 e. The maximum Gasteiger partial charge on any atom is 0.0995 e. The second kappa shape index (κ2) is 5.99. The molecular formula is C15H21N3. The molecule has 0 spiro atoms.